The molecule has 0 fully saturated rings. The van der Waals surface area contributed by atoms with Crippen LogP contribution < -0.4 is 10.6 Å². The van der Waals surface area contributed by atoms with Crippen molar-refractivity contribution < 1.29 is 9.90 Å². The SMILES string of the molecule is O=C(Nc1cccc(CO)c1)c1cccc2c1CCCN2. The van der Waals surface area contributed by atoms with Crippen LogP contribution in [0.15, 0.2) is 42.5 Å². The molecule has 2 aromatic rings. The van der Waals surface area contributed by atoms with E-state index in [1.807, 2.05) is 36.4 Å². The molecule has 1 heterocycles. The molecule has 108 valence electrons. The van der Waals surface area contributed by atoms with Gasteiger partial charge in [-0.05, 0) is 48.2 Å². The second-order valence-electron chi connectivity index (χ2n) is 5.17. The summed E-state index contributed by atoms with van der Waals surface area (Å²) in [7, 11) is 0. The van der Waals surface area contributed by atoms with Crippen LogP contribution in [-0.2, 0) is 13.0 Å². The average molecular weight is 282 g/mol. The highest BCUT2D eigenvalue weighted by atomic mass is 16.3. The second-order valence-corrected chi connectivity index (χ2v) is 5.17. The van der Waals surface area contributed by atoms with E-state index in [9.17, 15) is 4.79 Å². The van der Waals surface area contributed by atoms with Crippen molar-refractivity contribution in [2.45, 2.75) is 19.4 Å². The lowest BCUT2D eigenvalue weighted by Crippen LogP contribution is -2.19. The summed E-state index contributed by atoms with van der Waals surface area (Å²) in [5.74, 6) is -0.106. The van der Waals surface area contributed by atoms with Crippen molar-refractivity contribution in [3.8, 4) is 0 Å². The topological polar surface area (TPSA) is 61.4 Å². The van der Waals surface area contributed by atoms with Crippen molar-refractivity contribution >= 4 is 17.3 Å². The molecule has 0 unspecified atom stereocenters. The Bertz CT molecular complexity index is 668. The van der Waals surface area contributed by atoms with Gasteiger partial charge < -0.3 is 15.7 Å². The van der Waals surface area contributed by atoms with Gasteiger partial charge in [-0.1, -0.05) is 18.2 Å². The number of carbonyl (C=O) groups excluding carboxylic acids is 1. The minimum atomic E-state index is -0.106. The van der Waals surface area contributed by atoms with Gasteiger partial charge in [-0.25, -0.2) is 0 Å². The van der Waals surface area contributed by atoms with Crippen LogP contribution in [-0.4, -0.2) is 17.6 Å². The van der Waals surface area contributed by atoms with Gasteiger partial charge in [0.05, 0.1) is 6.61 Å². The average Bonchev–Trinajstić information content (AvgIpc) is 2.54. The van der Waals surface area contributed by atoms with Gasteiger partial charge in [-0.2, -0.15) is 0 Å². The molecule has 1 aliphatic rings. The minimum absolute atomic E-state index is 0.0334. The number of carbonyl (C=O) groups is 1. The molecule has 0 saturated heterocycles. The molecule has 3 rings (SSSR count). The van der Waals surface area contributed by atoms with E-state index < -0.39 is 0 Å². The Balaban J connectivity index is 1.85. The molecule has 4 nitrogen and oxygen atoms in total. The summed E-state index contributed by atoms with van der Waals surface area (Å²) in [4.78, 5) is 12.5. The van der Waals surface area contributed by atoms with Crippen LogP contribution in [0.2, 0.25) is 0 Å². The van der Waals surface area contributed by atoms with Gasteiger partial charge in [0.25, 0.3) is 5.91 Å². The summed E-state index contributed by atoms with van der Waals surface area (Å²) < 4.78 is 0. The van der Waals surface area contributed by atoms with Crippen LogP contribution >= 0.6 is 0 Å². The third-order valence-electron chi connectivity index (χ3n) is 3.71. The highest BCUT2D eigenvalue weighted by Gasteiger charge is 2.17. The maximum atomic E-state index is 12.5. The molecule has 3 N–H and O–H groups in total. The van der Waals surface area contributed by atoms with Crippen LogP contribution in [0.1, 0.15) is 27.9 Å². The third kappa shape index (κ3) is 2.90. The van der Waals surface area contributed by atoms with E-state index in [-0.39, 0.29) is 12.5 Å². The molecule has 0 atom stereocenters. The van der Waals surface area contributed by atoms with Crippen LogP contribution in [0.25, 0.3) is 0 Å². The highest BCUT2D eigenvalue weighted by molar-refractivity contribution is 6.06. The van der Waals surface area contributed by atoms with Crippen molar-refractivity contribution in [1.29, 1.82) is 0 Å². The Morgan fingerprint density at radius 2 is 2.10 bits per heavy atom. The summed E-state index contributed by atoms with van der Waals surface area (Å²) in [6.45, 7) is 0.922. The van der Waals surface area contributed by atoms with E-state index in [1.165, 1.54) is 0 Å². The zero-order chi connectivity index (χ0) is 14.7. The van der Waals surface area contributed by atoms with Crippen LogP contribution in [0, 0.1) is 0 Å². The molecule has 2 aromatic carbocycles. The summed E-state index contributed by atoms with van der Waals surface area (Å²) >= 11 is 0. The van der Waals surface area contributed by atoms with Gasteiger partial charge in [0.2, 0.25) is 0 Å². The maximum Gasteiger partial charge on any atom is 0.256 e. The normalized spacial score (nSPS) is 13.2. The van der Waals surface area contributed by atoms with Gasteiger partial charge in [0.15, 0.2) is 0 Å². The summed E-state index contributed by atoms with van der Waals surface area (Å²) in [6, 6.07) is 13.0. The Morgan fingerprint density at radius 1 is 1.24 bits per heavy atom. The summed E-state index contributed by atoms with van der Waals surface area (Å²) in [5.41, 5.74) is 4.34. The van der Waals surface area contributed by atoms with Crippen molar-refractivity contribution in [2.75, 3.05) is 17.2 Å². The van der Waals surface area contributed by atoms with Gasteiger partial charge in [-0.15, -0.1) is 0 Å². The lowest BCUT2D eigenvalue weighted by Gasteiger charge is -2.20. The number of nitrogens with one attached hydrogen (secondary N) is 2. The molecule has 4 heteroatoms. The Morgan fingerprint density at radius 3 is 2.95 bits per heavy atom. The van der Waals surface area contributed by atoms with E-state index in [1.54, 1.807) is 6.07 Å². The molecule has 0 aromatic heterocycles. The Labute approximate surface area is 123 Å². The van der Waals surface area contributed by atoms with E-state index in [0.29, 0.717) is 11.3 Å². The molecule has 0 bridgehead atoms. The number of aliphatic hydroxyl groups is 1. The molecular formula is C17H18N2O2. The number of fused-ring (bicyclic) bond motifs is 1. The van der Waals surface area contributed by atoms with Crippen LogP contribution in [0.4, 0.5) is 11.4 Å². The Kier molecular flexibility index (Phi) is 3.88. The monoisotopic (exact) mass is 282 g/mol. The molecule has 1 aliphatic heterocycles. The van der Waals surface area contributed by atoms with E-state index >= 15 is 0 Å². The predicted octanol–water partition coefficient (Wildman–Crippen LogP) is 2.79. The summed E-state index contributed by atoms with van der Waals surface area (Å²) in [6.07, 6.45) is 1.96. The predicted molar refractivity (Wildman–Crippen MR) is 83.6 cm³/mol. The van der Waals surface area contributed by atoms with E-state index in [2.05, 4.69) is 10.6 Å². The Hall–Kier alpha value is -2.33. The number of benzene rings is 2. The molecule has 0 aliphatic carbocycles. The standard InChI is InChI=1S/C17H18N2O2/c20-11-12-4-1-5-13(10-12)19-17(21)15-6-2-8-16-14(15)7-3-9-18-16/h1-2,4-6,8,10,18,20H,3,7,9,11H2,(H,19,21). The largest absolute Gasteiger partial charge is 0.392 e. The molecule has 21 heavy (non-hydrogen) atoms. The maximum absolute atomic E-state index is 12.5. The first-order valence-corrected chi connectivity index (χ1v) is 7.15. The zero-order valence-electron chi connectivity index (χ0n) is 11.7. The van der Waals surface area contributed by atoms with Crippen molar-refractivity contribution in [3.05, 3.63) is 59.2 Å². The number of rotatable bonds is 3. The van der Waals surface area contributed by atoms with Gasteiger partial charge in [-0.3, -0.25) is 4.79 Å². The van der Waals surface area contributed by atoms with Crippen LogP contribution in [0.5, 0.6) is 0 Å². The van der Waals surface area contributed by atoms with Crippen molar-refractivity contribution in [1.82, 2.24) is 0 Å². The first-order chi connectivity index (χ1) is 10.3. The smallest absolute Gasteiger partial charge is 0.256 e. The molecule has 1 amide bonds. The second kappa shape index (κ2) is 5.97. The zero-order valence-corrected chi connectivity index (χ0v) is 11.7. The number of hydrogen-bond donors (Lipinski definition) is 3. The minimum Gasteiger partial charge on any atom is -0.392 e. The van der Waals surface area contributed by atoms with Crippen LogP contribution in [0.3, 0.4) is 0 Å². The quantitative estimate of drug-likeness (QED) is 0.811. The summed E-state index contributed by atoms with van der Waals surface area (Å²) in [5, 5.41) is 15.4. The number of anilines is 2. The number of hydrogen-bond acceptors (Lipinski definition) is 3. The third-order valence-corrected chi connectivity index (χ3v) is 3.71. The van der Waals surface area contributed by atoms with Gasteiger partial charge in [0.1, 0.15) is 0 Å². The first kappa shape index (κ1) is 13.6. The molecule has 0 saturated carbocycles. The fraction of sp³-hybridized carbons (Fsp3) is 0.235. The number of aliphatic hydroxyl groups excluding tert-OH is 1. The van der Waals surface area contributed by atoms with Gasteiger partial charge in [0, 0.05) is 23.5 Å². The number of amides is 1. The van der Waals surface area contributed by atoms with Crippen molar-refractivity contribution in [3.63, 3.8) is 0 Å². The van der Waals surface area contributed by atoms with E-state index in [0.717, 1.165) is 36.2 Å². The highest BCUT2D eigenvalue weighted by Crippen LogP contribution is 2.26. The van der Waals surface area contributed by atoms with Gasteiger partial charge >= 0.3 is 0 Å². The fourth-order valence-electron chi connectivity index (χ4n) is 2.67. The van der Waals surface area contributed by atoms with E-state index in [4.69, 9.17) is 5.11 Å². The fourth-order valence-corrected chi connectivity index (χ4v) is 2.67. The molecular weight excluding hydrogens is 264 g/mol. The van der Waals surface area contributed by atoms with Crippen molar-refractivity contribution in [2.24, 2.45) is 0 Å². The lowest BCUT2D eigenvalue weighted by molar-refractivity contribution is 0.102. The molecule has 0 radical (unpaired) electrons. The molecule has 0 spiro atoms. The first-order valence-electron chi connectivity index (χ1n) is 7.15. The lowest BCUT2D eigenvalue weighted by atomic mass is 9.97.